The van der Waals surface area contributed by atoms with Crippen LogP contribution in [0.15, 0.2) is 54.6 Å². The van der Waals surface area contributed by atoms with Crippen LogP contribution in [-0.4, -0.2) is 20.3 Å². The summed E-state index contributed by atoms with van der Waals surface area (Å²) in [6, 6.07) is 18.4. The van der Waals surface area contributed by atoms with Gasteiger partial charge in [-0.05, 0) is 23.3 Å². The van der Waals surface area contributed by atoms with Crippen LogP contribution in [0.1, 0.15) is 24.0 Å². The topological polar surface area (TPSA) is 27.7 Å². The normalized spacial score (nSPS) is 17.1. The van der Waals surface area contributed by atoms with Crippen molar-refractivity contribution in [1.82, 2.24) is 0 Å². The molecule has 0 spiro atoms. The molecule has 0 N–H and O–H groups in total. The Kier molecular flexibility index (Phi) is 4.76. The number of rotatable bonds is 5. The molecule has 2 aromatic rings. The fourth-order valence-corrected chi connectivity index (χ4v) is 2.91. The van der Waals surface area contributed by atoms with Crippen LogP contribution in [0.2, 0.25) is 0 Å². The minimum absolute atomic E-state index is 0.212. The first kappa shape index (κ1) is 15.1. The highest BCUT2D eigenvalue weighted by molar-refractivity contribution is 5.31. The van der Waals surface area contributed by atoms with Crippen molar-refractivity contribution in [1.29, 1.82) is 0 Å². The maximum atomic E-state index is 5.84. The Bertz CT molecular complexity index is 571. The average molecular weight is 298 g/mol. The van der Waals surface area contributed by atoms with Crippen molar-refractivity contribution in [3.63, 3.8) is 0 Å². The van der Waals surface area contributed by atoms with Gasteiger partial charge in [-0.1, -0.05) is 42.5 Å². The second-order valence-electron chi connectivity index (χ2n) is 5.61. The monoisotopic (exact) mass is 298 g/mol. The Hall–Kier alpha value is -1.84. The van der Waals surface area contributed by atoms with E-state index in [1.165, 1.54) is 11.1 Å². The highest BCUT2D eigenvalue weighted by Gasteiger charge is 2.34. The smallest absolute Gasteiger partial charge is 0.119 e. The maximum Gasteiger partial charge on any atom is 0.119 e. The number of benzene rings is 2. The predicted molar refractivity (Wildman–Crippen MR) is 86.0 cm³/mol. The molecule has 0 amide bonds. The van der Waals surface area contributed by atoms with Gasteiger partial charge in [0.2, 0.25) is 0 Å². The second-order valence-corrected chi connectivity index (χ2v) is 5.61. The van der Waals surface area contributed by atoms with Crippen LogP contribution in [-0.2, 0) is 21.7 Å². The summed E-state index contributed by atoms with van der Waals surface area (Å²) in [5.74, 6) is 0.880. The van der Waals surface area contributed by atoms with Gasteiger partial charge in [0, 0.05) is 33.2 Å². The van der Waals surface area contributed by atoms with Crippen LogP contribution >= 0.6 is 0 Å². The number of methoxy groups -OCH3 is 1. The van der Waals surface area contributed by atoms with Gasteiger partial charge in [-0.25, -0.2) is 0 Å². The minimum Gasteiger partial charge on any atom is -0.489 e. The number of ether oxygens (including phenoxy) is 3. The Morgan fingerprint density at radius 3 is 2.27 bits per heavy atom. The van der Waals surface area contributed by atoms with Gasteiger partial charge >= 0.3 is 0 Å². The van der Waals surface area contributed by atoms with Crippen molar-refractivity contribution in [2.24, 2.45) is 0 Å². The zero-order chi connectivity index (χ0) is 15.3. The van der Waals surface area contributed by atoms with Gasteiger partial charge in [-0.2, -0.15) is 0 Å². The van der Waals surface area contributed by atoms with E-state index in [1.807, 2.05) is 30.3 Å². The summed E-state index contributed by atoms with van der Waals surface area (Å²) >= 11 is 0. The summed E-state index contributed by atoms with van der Waals surface area (Å²) in [6.45, 7) is 2.09. The first-order valence-electron chi connectivity index (χ1n) is 7.73. The van der Waals surface area contributed by atoms with Gasteiger partial charge in [-0.3, -0.25) is 0 Å². The molecule has 116 valence electrons. The lowest BCUT2D eigenvalue weighted by atomic mass is 9.86. The highest BCUT2D eigenvalue weighted by Crippen LogP contribution is 2.36. The summed E-state index contributed by atoms with van der Waals surface area (Å²) in [5.41, 5.74) is 2.16. The zero-order valence-corrected chi connectivity index (χ0v) is 13.0. The van der Waals surface area contributed by atoms with Crippen LogP contribution in [0.3, 0.4) is 0 Å². The van der Waals surface area contributed by atoms with Crippen molar-refractivity contribution in [2.75, 3.05) is 20.3 Å². The third kappa shape index (κ3) is 3.32. The molecule has 0 bridgehead atoms. The molecule has 1 saturated heterocycles. The Morgan fingerprint density at radius 1 is 0.955 bits per heavy atom. The minimum atomic E-state index is -0.212. The molecule has 3 rings (SSSR count). The first-order valence-corrected chi connectivity index (χ1v) is 7.73. The van der Waals surface area contributed by atoms with E-state index in [0.29, 0.717) is 6.61 Å². The third-order valence-electron chi connectivity index (χ3n) is 4.32. The maximum absolute atomic E-state index is 5.84. The molecule has 22 heavy (non-hydrogen) atoms. The summed E-state index contributed by atoms with van der Waals surface area (Å²) in [4.78, 5) is 0. The van der Waals surface area contributed by atoms with Crippen molar-refractivity contribution >= 4 is 0 Å². The Balaban J connectivity index is 1.67. The largest absolute Gasteiger partial charge is 0.489 e. The molecule has 1 aliphatic heterocycles. The quantitative estimate of drug-likeness (QED) is 0.837. The predicted octanol–water partition coefficient (Wildman–Crippen LogP) is 3.92. The molecule has 3 heteroatoms. The lowest BCUT2D eigenvalue weighted by Crippen LogP contribution is -2.35. The molecule has 1 heterocycles. The summed E-state index contributed by atoms with van der Waals surface area (Å²) < 4.78 is 17.1. The SMILES string of the molecule is COC1(c2ccc(OCc3ccccc3)cc2)CCOCC1. The van der Waals surface area contributed by atoms with Gasteiger partial charge in [-0.15, -0.1) is 0 Å². The molecular weight excluding hydrogens is 276 g/mol. The molecule has 0 aliphatic carbocycles. The van der Waals surface area contributed by atoms with Gasteiger partial charge < -0.3 is 14.2 Å². The zero-order valence-electron chi connectivity index (χ0n) is 13.0. The third-order valence-corrected chi connectivity index (χ3v) is 4.32. The van der Waals surface area contributed by atoms with Crippen LogP contribution < -0.4 is 4.74 Å². The first-order chi connectivity index (χ1) is 10.8. The lowest BCUT2D eigenvalue weighted by Gasteiger charge is -2.36. The van der Waals surface area contributed by atoms with E-state index in [-0.39, 0.29) is 5.60 Å². The number of hydrogen-bond acceptors (Lipinski definition) is 3. The highest BCUT2D eigenvalue weighted by atomic mass is 16.5. The van der Waals surface area contributed by atoms with E-state index in [4.69, 9.17) is 14.2 Å². The molecule has 0 aromatic heterocycles. The molecule has 0 saturated carbocycles. The van der Waals surface area contributed by atoms with Gasteiger partial charge in [0.05, 0.1) is 5.60 Å². The van der Waals surface area contributed by atoms with Gasteiger partial charge in [0.25, 0.3) is 0 Å². The van der Waals surface area contributed by atoms with Crippen molar-refractivity contribution in [3.8, 4) is 5.75 Å². The van der Waals surface area contributed by atoms with E-state index in [2.05, 4.69) is 24.3 Å². The Labute approximate surface area is 131 Å². The molecule has 1 fully saturated rings. The van der Waals surface area contributed by atoms with Gasteiger partial charge in [0.1, 0.15) is 12.4 Å². The molecular formula is C19H22O3. The lowest BCUT2D eigenvalue weighted by molar-refractivity contribution is -0.0948. The molecule has 0 atom stereocenters. The van der Waals surface area contributed by atoms with E-state index in [1.54, 1.807) is 7.11 Å². The van der Waals surface area contributed by atoms with E-state index >= 15 is 0 Å². The second kappa shape index (κ2) is 6.95. The average Bonchev–Trinajstić information content (AvgIpc) is 2.62. The molecule has 0 radical (unpaired) electrons. The van der Waals surface area contributed by atoms with Crippen LogP contribution in [0.25, 0.3) is 0 Å². The molecule has 2 aromatic carbocycles. The summed E-state index contributed by atoms with van der Waals surface area (Å²) in [5, 5.41) is 0. The molecule has 3 nitrogen and oxygen atoms in total. The van der Waals surface area contributed by atoms with E-state index in [9.17, 15) is 0 Å². The van der Waals surface area contributed by atoms with Crippen LogP contribution in [0.4, 0.5) is 0 Å². The van der Waals surface area contributed by atoms with E-state index in [0.717, 1.165) is 31.8 Å². The fraction of sp³-hybridized carbons (Fsp3) is 0.368. The van der Waals surface area contributed by atoms with Crippen LogP contribution in [0, 0.1) is 0 Å². The van der Waals surface area contributed by atoms with Crippen molar-refractivity contribution < 1.29 is 14.2 Å². The Morgan fingerprint density at radius 2 is 1.64 bits per heavy atom. The summed E-state index contributed by atoms with van der Waals surface area (Å²) in [6.07, 6.45) is 1.79. The summed E-state index contributed by atoms with van der Waals surface area (Å²) in [7, 11) is 1.78. The number of hydrogen-bond donors (Lipinski definition) is 0. The standard InChI is InChI=1S/C19H22O3/c1-20-19(11-13-21-14-12-19)17-7-9-18(10-8-17)22-15-16-5-3-2-4-6-16/h2-10H,11-15H2,1H3. The van der Waals surface area contributed by atoms with Crippen LogP contribution in [0.5, 0.6) is 5.75 Å². The van der Waals surface area contributed by atoms with Gasteiger partial charge in [0.15, 0.2) is 0 Å². The molecule has 1 aliphatic rings. The van der Waals surface area contributed by atoms with Crippen molar-refractivity contribution in [2.45, 2.75) is 25.0 Å². The van der Waals surface area contributed by atoms with Crippen molar-refractivity contribution in [3.05, 3.63) is 65.7 Å². The van der Waals surface area contributed by atoms with E-state index < -0.39 is 0 Å². The molecule has 0 unspecified atom stereocenters. The fourth-order valence-electron chi connectivity index (χ4n) is 2.91.